The highest BCUT2D eigenvalue weighted by molar-refractivity contribution is 5.85. The molecule has 8 nitrogen and oxygen atoms in total. The summed E-state index contributed by atoms with van der Waals surface area (Å²) < 4.78 is 7.10. The van der Waals surface area contributed by atoms with Crippen LogP contribution in [-0.2, 0) is 16.1 Å². The van der Waals surface area contributed by atoms with Gasteiger partial charge in [-0.1, -0.05) is 0 Å². The van der Waals surface area contributed by atoms with Gasteiger partial charge in [0.1, 0.15) is 12.9 Å². The number of amides is 1. The molecule has 112 valence electrons. The fraction of sp³-hybridized carbons (Fsp3) is 0.538. The Morgan fingerprint density at radius 2 is 2.14 bits per heavy atom. The van der Waals surface area contributed by atoms with Crippen molar-refractivity contribution in [1.29, 1.82) is 0 Å². The lowest BCUT2D eigenvalue weighted by Gasteiger charge is -2.27. The third kappa shape index (κ3) is 2.80. The zero-order chi connectivity index (χ0) is 14.7. The molecule has 0 atom stereocenters. The number of likely N-dealkylation sites (N-methyl/N-ethyl adjacent to an activating group) is 1. The van der Waals surface area contributed by atoms with Crippen molar-refractivity contribution in [2.24, 2.45) is 0 Å². The lowest BCUT2D eigenvalue weighted by atomic mass is 10.3. The second-order valence-corrected chi connectivity index (χ2v) is 4.79. The average molecular weight is 290 g/mol. The van der Waals surface area contributed by atoms with E-state index in [1.165, 1.54) is 6.33 Å². The van der Waals surface area contributed by atoms with Gasteiger partial charge >= 0.3 is 0 Å². The number of nitrogens with one attached hydrogen (secondary N) is 1. The van der Waals surface area contributed by atoms with Crippen molar-refractivity contribution >= 4 is 22.9 Å². The summed E-state index contributed by atoms with van der Waals surface area (Å²) >= 11 is 0. The Morgan fingerprint density at radius 1 is 1.33 bits per heavy atom. The quantitative estimate of drug-likeness (QED) is 0.839. The molecule has 0 unspecified atom stereocenters. The van der Waals surface area contributed by atoms with Gasteiger partial charge in [-0.05, 0) is 6.92 Å². The fourth-order valence-electron chi connectivity index (χ4n) is 2.40. The summed E-state index contributed by atoms with van der Waals surface area (Å²) in [6.45, 7) is 5.66. The minimum atomic E-state index is -0.0525. The average Bonchev–Trinajstić information content (AvgIpc) is 2.91. The van der Waals surface area contributed by atoms with E-state index in [4.69, 9.17) is 4.74 Å². The molecule has 1 saturated heterocycles. The summed E-state index contributed by atoms with van der Waals surface area (Å²) in [5.41, 5.74) is 1.40. The number of carbonyl (C=O) groups is 1. The maximum Gasteiger partial charge on any atom is 0.240 e. The van der Waals surface area contributed by atoms with Crippen LogP contribution in [0.1, 0.15) is 6.92 Å². The van der Waals surface area contributed by atoms with Gasteiger partial charge < -0.3 is 19.5 Å². The molecule has 0 radical (unpaired) electrons. The second-order valence-electron chi connectivity index (χ2n) is 4.79. The highest BCUT2D eigenvalue weighted by Gasteiger charge is 2.18. The molecule has 21 heavy (non-hydrogen) atoms. The number of fused-ring (bicyclic) bond motifs is 1. The van der Waals surface area contributed by atoms with Crippen molar-refractivity contribution in [3.8, 4) is 0 Å². The van der Waals surface area contributed by atoms with E-state index in [1.54, 1.807) is 10.9 Å². The summed E-state index contributed by atoms with van der Waals surface area (Å²) in [6, 6.07) is 0. The Morgan fingerprint density at radius 3 is 2.90 bits per heavy atom. The van der Waals surface area contributed by atoms with Gasteiger partial charge in [-0.25, -0.2) is 15.0 Å². The number of anilines is 1. The smallest absolute Gasteiger partial charge is 0.240 e. The minimum Gasteiger partial charge on any atom is -0.378 e. The monoisotopic (exact) mass is 290 g/mol. The fourth-order valence-corrected chi connectivity index (χ4v) is 2.40. The molecule has 0 saturated carbocycles. The van der Waals surface area contributed by atoms with Crippen LogP contribution in [0.25, 0.3) is 11.2 Å². The topological polar surface area (TPSA) is 85.2 Å². The molecule has 1 N–H and O–H groups in total. The summed E-state index contributed by atoms with van der Waals surface area (Å²) in [5.74, 6) is 0.751. The molecule has 3 rings (SSSR count). The van der Waals surface area contributed by atoms with Gasteiger partial charge in [0, 0.05) is 19.6 Å². The Bertz CT molecular complexity index is 635. The van der Waals surface area contributed by atoms with Gasteiger partial charge in [-0.3, -0.25) is 4.79 Å². The number of morpholine rings is 1. The first-order valence-corrected chi connectivity index (χ1v) is 7.05. The molecule has 0 spiro atoms. The highest BCUT2D eigenvalue weighted by Crippen LogP contribution is 2.22. The van der Waals surface area contributed by atoms with Gasteiger partial charge in [0.2, 0.25) is 5.91 Å². The molecule has 1 aliphatic heterocycles. The van der Waals surface area contributed by atoms with Gasteiger partial charge in [0.05, 0.1) is 19.5 Å². The van der Waals surface area contributed by atoms with Crippen LogP contribution in [0.15, 0.2) is 12.7 Å². The largest absolute Gasteiger partial charge is 0.378 e. The van der Waals surface area contributed by atoms with E-state index in [-0.39, 0.29) is 12.5 Å². The zero-order valence-electron chi connectivity index (χ0n) is 11.9. The SMILES string of the molecule is CCNC(=O)Cn1cnc2c(N3CCOCC3)ncnc21. The van der Waals surface area contributed by atoms with Crippen molar-refractivity contribution in [3.63, 3.8) is 0 Å². The molecule has 2 aromatic rings. The van der Waals surface area contributed by atoms with E-state index in [2.05, 4.69) is 25.2 Å². The number of aromatic nitrogens is 4. The highest BCUT2D eigenvalue weighted by atomic mass is 16.5. The first kappa shape index (κ1) is 13.7. The van der Waals surface area contributed by atoms with E-state index in [0.29, 0.717) is 25.4 Å². The summed E-state index contributed by atoms with van der Waals surface area (Å²) in [7, 11) is 0. The van der Waals surface area contributed by atoms with Crippen molar-refractivity contribution in [2.75, 3.05) is 37.7 Å². The summed E-state index contributed by atoms with van der Waals surface area (Å²) in [5, 5.41) is 2.77. The van der Waals surface area contributed by atoms with E-state index >= 15 is 0 Å². The number of hydrogen-bond acceptors (Lipinski definition) is 6. The van der Waals surface area contributed by atoms with Crippen LogP contribution >= 0.6 is 0 Å². The maximum atomic E-state index is 11.7. The molecule has 2 aromatic heterocycles. The van der Waals surface area contributed by atoms with Gasteiger partial charge in [-0.2, -0.15) is 0 Å². The van der Waals surface area contributed by atoms with Gasteiger partial charge in [0.15, 0.2) is 17.0 Å². The third-order valence-corrected chi connectivity index (χ3v) is 3.38. The van der Waals surface area contributed by atoms with Crippen LogP contribution in [-0.4, -0.2) is 58.3 Å². The van der Waals surface area contributed by atoms with Crippen LogP contribution in [0, 0.1) is 0 Å². The number of hydrogen-bond donors (Lipinski definition) is 1. The van der Waals surface area contributed by atoms with Crippen LogP contribution in [0.4, 0.5) is 5.82 Å². The minimum absolute atomic E-state index is 0.0525. The Hall–Kier alpha value is -2.22. The molecule has 3 heterocycles. The predicted molar refractivity (Wildman–Crippen MR) is 77.0 cm³/mol. The molecular weight excluding hydrogens is 272 g/mol. The molecule has 0 aliphatic carbocycles. The molecule has 1 amide bonds. The third-order valence-electron chi connectivity index (χ3n) is 3.38. The lowest BCUT2D eigenvalue weighted by Crippen LogP contribution is -2.37. The molecule has 1 aliphatic rings. The van der Waals surface area contributed by atoms with Crippen LogP contribution in [0.5, 0.6) is 0 Å². The van der Waals surface area contributed by atoms with E-state index in [0.717, 1.165) is 24.4 Å². The summed E-state index contributed by atoms with van der Waals surface area (Å²) in [4.78, 5) is 26.8. The van der Waals surface area contributed by atoms with Crippen molar-refractivity contribution in [1.82, 2.24) is 24.8 Å². The van der Waals surface area contributed by atoms with E-state index in [1.807, 2.05) is 6.92 Å². The predicted octanol–water partition coefficient (Wildman–Crippen LogP) is -0.201. The molecule has 0 aromatic carbocycles. The van der Waals surface area contributed by atoms with Crippen molar-refractivity contribution in [2.45, 2.75) is 13.5 Å². The van der Waals surface area contributed by atoms with E-state index in [9.17, 15) is 4.79 Å². The standard InChI is InChI=1S/C13H18N6O2/c1-2-14-10(20)7-19-9-17-11-12(15-8-16-13(11)19)18-3-5-21-6-4-18/h8-9H,2-7H2,1H3,(H,14,20). The van der Waals surface area contributed by atoms with Crippen molar-refractivity contribution < 1.29 is 9.53 Å². The summed E-state index contributed by atoms with van der Waals surface area (Å²) in [6.07, 6.45) is 3.15. The number of rotatable bonds is 4. The van der Waals surface area contributed by atoms with Crippen LogP contribution in [0.3, 0.4) is 0 Å². The first-order valence-electron chi connectivity index (χ1n) is 7.05. The Kier molecular flexibility index (Phi) is 3.96. The Labute approximate surface area is 122 Å². The van der Waals surface area contributed by atoms with Gasteiger partial charge in [0.25, 0.3) is 0 Å². The lowest BCUT2D eigenvalue weighted by molar-refractivity contribution is -0.121. The number of ether oxygens (including phenoxy) is 1. The van der Waals surface area contributed by atoms with Gasteiger partial charge in [-0.15, -0.1) is 0 Å². The first-order chi connectivity index (χ1) is 10.3. The number of nitrogens with zero attached hydrogens (tertiary/aromatic N) is 5. The number of carbonyl (C=O) groups excluding carboxylic acids is 1. The zero-order valence-corrected chi connectivity index (χ0v) is 11.9. The van der Waals surface area contributed by atoms with Crippen LogP contribution < -0.4 is 10.2 Å². The second kappa shape index (κ2) is 6.04. The normalized spacial score (nSPS) is 15.4. The van der Waals surface area contributed by atoms with Crippen molar-refractivity contribution in [3.05, 3.63) is 12.7 Å². The molecule has 1 fully saturated rings. The van der Waals surface area contributed by atoms with E-state index < -0.39 is 0 Å². The Balaban J connectivity index is 1.90. The molecule has 0 bridgehead atoms. The molecule has 8 heteroatoms. The molecular formula is C13H18N6O2. The van der Waals surface area contributed by atoms with Crippen LogP contribution in [0.2, 0.25) is 0 Å². The number of imidazole rings is 1. The maximum absolute atomic E-state index is 11.7.